The summed E-state index contributed by atoms with van der Waals surface area (Å²) in [6.45, 7) is 3.93. The van der Waals surface area contributed by atoms with E-state index >= 15 is 0 Å². The van der Waals surface area contributed by atoms with Gasteiger partial charge in [0.1, 0.15) is 12.2 Å². The number of hydrogen-bond acceptors (Lipinski definition) is 5. The quantitative estimate of drug-likeness (QED) is 0.798. The number of benzene rings is 1. The number of fused-ring (bicyclic) bond motifs is 1. The molecule has 1 aromatic rings. The molecule has 0 saturated carbocycles. The van der Waals surface area contributed by atoms with Crippen molar-refractivity contribution < 1.29 is 23.7 Å². The molecule has 2 aliphatic rings. The maximum atomic E-state index is 11.5. The predicted octanol–water partition coefficient (Wildman–Crippen LogP) is 2.21. The van der Waals surface area contributed by atoms with Crippen molar-refractivity contribution in [3.05, 3.63) is 35.9 Å². The third kappa shape index (κ3) is 3.12. The molecule has 2 saturated heterocycles. The molecule has 4 atom stereocenters. The summed E-state index contributed by atoms with van der Waals surface area (Å²) < 4.78 is 22.7. The van der Waals surface area contributed by atoms with E-state index in [-0.39, 0.29) is 0 Å². The van der Waals surface area contributed by atoms with E-state index in [1.165, 1.54) is 0 Å². The zero-order valence-corrected chi connectivity index (χ0v) is 12.6. The molecule has 6 heteroatoms. The van der Waals surface area contributed by atoms with Crippen molar-refractivity contribution >= 4 is 16.8 Å². The van der Waals surface area contributed by atoms with Gasteiger partial charge in [-0.05, 0) is 31.0 Å². The number of carbonyl (C=O) groups is 1. The van der Waals surface area contributed by atoms with Crippen molar-refractivity contribution in [1.29, 1.82) is 0 Å². The second kappa shape index (κ2) is 5.66. The molecule has 0 bridgehead atoms. The molecule has 0 aliphatic carbocycles. The molecule has 114 valence electrons. The van der Waals surface area contributed by atoms with E-state index in [0.29, 0.717) is 6.61 Å². The van der Waals surface area contributed by atoms with Crippen molar-refractivity contribution in [2.75, 3.05) is 0 Å². The largest absolute Gasteiger partial charge is 0.367 e. The highest BCUT2D eigenvalue weighted by molar-refractivity contribution is 6.64. The molecule has 0 spiro atoms. The molecular formula is C15H17ClO5. The van der Waals surface area contributed by atoms with Crippen LogP contribution in [0, 0.1) is 0 Å². The number of halogens is 1. The van der Waals surface area contributed by atoms with Gasteiger partial charge in [0.25, 0.3) is 5.24 Å². The minimum absolute atomic E-state index is 0.350. The van der Waals surface area contributed by atoms with Crippen LogP contribution < -0.4 is 0 Å². The summed E-state index contributed by atoms with van der Waals surface area (Å²) >= 11 is 5.59. The summed E-state index contributed by atoms with van der Waals surface area (Å²) in [5.41, 5.74) is 1.000. The van der Waals surface area contributed by atoms with Gasteiger partial charge in [-0.1, -0.05) is 30.3 Å². The van der Waals surface area contributed by atoms with Crippen molar-refractivity contribution in [1.82, 2.24) is 0 Å². The van der Waals surface area contributed by atoms with Crippen LogP contribution in [0.4, 0.5) is 0 Å². The van der Waals surface area contributed by atoms with Gasteiger partial charge in [0, 0.05) is 0 Å². The minimum Gasteiger partial charge on any atom is -0.367 e. The molecule has 0 amide bonds. The Kier molecular flexibility index (Phi) is 4.03. The van der Waals surface area contributed by atoms with Gasteiger partial charge in [-0.3, -0.25) is 4.79 Å². The molecule has 0 N–H and O–H groups in total. The highest BCUT2D eigenvalue weighted by Crippen LogP contribution is 2.39. The van der Waals surface area contributed by atoms with Crippen LogP contribution in [0.3, 0.4) is 0 Å². The van der Waals surface area contributed by atoms with E-state index in [1.54, 1.807) is 13.8 Å². The summed E-state index contributed by atoms with van der Waals surface area (Å²) in [6.07, 6.45) is -2.55. The van der Waals surface area contributed by atoms with E-state index < -0.39 is 35.6 Å². The molecule has 0 radical (unpaired) electrons. The zero-order valence-electron chi connectivity index (χ0n) is 11.8. The lowest BCUT2D eigenvalue weighted by molar-refractivity contribution is -0.216. The predicted molar refractivity (Wildman–Crippen MR) is 74.6 cm³/mol. The Morgan fingerprint density at radius 3 is 2.67 bits per heavy atom. The molecule has 2 fully saturated rings. The summed E-state index contributed by atoms with van der Waals surface area (Å²) in [7, 11) is 0. The van der Waals surface area contributed by atoms with Gasteiger partial charge in [0.2, 0.25) is 0 Å². The van der Waals surface area contributed by atoms with Crippen LogP contribution in [0.25, 0.3) is 0 Å². The number of rotatable bonds is 4. The first-order valence-electron chi connectivity index (χ1n) is 6.82. The molecule has 21 heavy (non-hydrogen) atoms. The van der Waals surface area contributed by atoms with Gasteiger partial charge < -0.3 is 18.9 Å². The van der Waals surface area contributed by atoms with Crippen molar-refractivity contribution in [2.24, 2.45) is 0 Å². The number of ether oxygens (including phenoxy) is 4. The van der Waals surface area contributed by atoms with Crippen LogP contribution in [-0.2, 0) is 30.3 Å². The van der Waals surface area contributed by atoms with Gasteiger partial charge in [0.15, 0.2) is 18.2 Å². The first-order chi connectivity index (χ1) is 9.96. The Balaban J connectivity index is 1.72. The normalized spacial score (nSPS) is 33.9. The summed E-state index contributed by atoms with van der Waals surface area (Å²) in [6, 6.07) is 9.67. The summed E-state index contributed by atoms with van der Waals surface area (Å²) in [5, 5.41) is -0.604. The Hall–Kier alpha value is -0.980. The average Bonchev–Trinajstić information content (AvgIpc) is 2.90. The first-order valence-corrected chi connectivity index (χ1v) is 7.20. The van der Waals surface area contributed by atoms with Crippen LogP contribution in [0.2, 0.25) is 0 Å². The fourth-order valence-corrected chi connectivity index (χ4v) is 2.79. The van der Waals surface area contributed by atoms with Gasteiger partial charge >= 0.3 is 0 Å². The lowest BCUT2D eigenvalue weighted by Gasteiger charge is -2.24. The number of carbonyl (C=O) groups excluding carboxylic acids is 1. The Morgan fingerprint density at radius 1 is 1.29 bits per heavy atom. The Labute approximate surface area is 128 Å². The van der Waals surface area contributed by atoms with Crippen molar-refractivity contribution in [3.63, 3.8) is 0 Å². The van der Waals surface area contributed by atoms with Crippen molar-refractivity contribution in [2.45, 2.75) is 50.8 Å². The third-order valence-corrected chi connectivity index (χ3v) is 3.72. The first kappa shape index (κ1) is 14.9. The summed E-state index contributed by atoms with van der Waals surface area (Å²) in [4.78, 5) is 11.5. The lowest BCUT2D eigenvalue weighted by Crippen LogP contribution is -2.39. The topological polar surface area (TPSA) is 54.0 Å². The monoisotopic (exact) mass is 312 g/mol. The molecule has 0 unspecified atom stereocenters. The molecular weight excluding hydrogens is 296 g/mol. The highest BCUT2D eigenvalue weighted by atomic mass is 35.5. The molecule has 1 aromatic carbocycles. The van der Waals surface area contributed by atoms with Gasteiger partial charge in [0.05, 0.1) is 6.61 Å². The minimum atomic E-state index is -0.874. The second-order valence-electron chi connectivity index (χ2n) is 5.59. The Bertz CT molecular complexity index is 518. The van der Waals surface area contributed by atoms with Crippen LogP contribution >= 0.6 is 11.6 Å². The SMILES string of the molecule is CC1(C)O[C@H]2O[C@H](C(=O)Cl)[C@H](OCc3ccccc3)[C@H]2O1. The number of hydrogen-bond donors (Lipinski definition) is 0. The third-order valence-electron chi connectivity index (χ3n) is 3.50. The second-order valence-corrected chi connectivity index (χ2v) is 5.96. The smallest absolute Gasteiger partial charge is 0.253 e. The van der Waals surface area contributed by atoms with Gasteiger partial charge in [-0.2, -0.15) is 0 Å². The van der Waals surface area contributed by atoms with Gasteiger partial charge in [-0.25, -0.2) is 0 Å². The summed E-state index contributed by atoms with van der Waals surface area (Å²) in [5.74, 6) is -0.760. The average molecular weight is 313 g/mol. The van der Waals surface area contributed by atoms with Crippen LogP contribution in [0.5, 0.6) is 0 Å². The van der Waals surface area contributed by atoms with E-state index in [9.17, 15) is 4.79 Å². The van der Waals surface area contributed by atoms with Crippen LogP contribution in [0.15, 0.2) is 30.3 Å². The fourth-order valence-electron chi connectivity index (χ4n) is 2.61. The van der Waals surface area contributed by atoms with E-state index in [2.05, 4.69) is 0 Å². The maximum absolute atomic E-state index is 11.5. The molecule has 0 aromatic heterocycles. The maximum Gasteiger partial charge on any atom is 0.253 e. The molecule has 3 rings (SSSR count). The Morgan fingerprint density at radius 2 is 2.00 bits per heavy atom. The highest BCUT2D eigenvalue weighted by Gasteiger charge is 2.57. The molecule has 2 aliphatic heterocycles. The van der Waals surface area contributed by atoms with Crippen LogP contribution in [0.1, 0.15) is 19.4 Å². The molecule has 5 nitrogen and oxygen atoms in total. The van der Waals surface area contributed by atoms with E-state index in [1.807, 2.05) is 30.3 Å². The zero-order chi connectivity index (χ0) is 15.0. The van der Waals surface area contributed by atoms with E-state index in [0.717, 1.165) is 5.56 Å². The van der Waals surface area contributed by atoms with Crippen LogP contribution in [-0.4, -0.2) is 35.6 Å². The standard InChI is InChI=1S/C15H17ClO5/c1-15(2)20-12-10(11(13(16)17)19-14(12)21-15)18-8-9-6-4-3-5-7-9/h3-7,10-12,14H,8H2,1-2H3/t10-,11-,12+,14+/m0/s1. The van der Waals surface area contributed by atoms with Crippen molar-refractivity contribution in [3.8, 4) is 0 Å². The van der Waals surface area contributed by atoms with Gasteiger partial charge in [-0.15, -0.1) is 0 Å². The molecule has 2 heterocycles. The van der Waals surface area contributed by atoms with E-state index in [4.69, 9.17) is 30.5 Å². The fraction of sp³-hybridized carbons (Fsp3) is 0.533. The lowest BCUT2D eigenvalue weighted by atomic mass is 10.1.